The van der Waals surface area contributed by atoms with Gasteiger partial charge >= 0.3 is 0 Å². The third kappa shape index (κ3) is 3.59. The Balaban J connectivity index is 1.73. The first-order valence-electron chi connectivity index (χ1n) is 7.32. The third-order valence-corrected chi connectivity index (χ3v) is 4.64. The van der Waals surface area contributed by atoms with Gasteiger partial charge in [0.05, 0.1) is 22.3 Å². The number of hydrogen-bond acceptors (Lipinski definition) is 2. The van der Waals surface area contributed by atoms with Crippen LogP contribution in [0, 0.1) is 5.82 Å². The largest absolute Gasteiger partial charge is 0.362 e. The van der Waals surface area contributed by atoms with Gasteiger partial charge in [0.2, 0.25) is 5.91 Å². The Morgan fingerprint density at radius 3 is 2.91 bits per heavy atom. The molecule has 1 heterocycles. The van der Waals surface area contributed by atoms with E-state index in [1.165, 1.54) is 12.1 Å². The van der Waals surface area contributed by atoms with Crippen LogP contribution in [0.4, 0.5) is 15.8 Å². The molecule has 1 aliphatic heterocycles. The van der Waals surface area contributed by atoms with Gasteiger partial charge in [-0.3, -0.25) is 4.79 Å². The number of amides is 1. The van der Waals surface area contributed by atoms with E-state index in [1.54, 1.807) is 24.3 Å². The van der Waals surface area contributed by atoms with Gasteiger partial charge in [0.1, 0.15) is 5.82 Å². The summed E-state index contributed by atoms with van der Waals surface area (Å²) in [5, 5.41) is 3.48. The van der Waals surface area contributed by atoms with Crippen molar-refractivity contribution in [3.8, 4) is 0 Å². The van der Waals surface area contributed by atoms with Crippen molar-refractivity contribution in [1.29, 1.82) is 0 Å². The van der Waals surface area contributed by atoms with Gasteiger partial charge in [-0.2, -0.15) is 0 Å². The van der Waals surface area contributed by atoms with Crippen molar-refractivity contribution in [2.45, 2.75) is 12.8 Å². The summed E-state index contributed by atoms with van der Waals surface area (Å²) in [6.07, 6.45) is 1.72. The van der Waals surface area contributed by atoms with E-state index in [0.717, 1.165) is 30.6 Å². The van der Waals surface area contributed by atoms with Crippen molar-refractivity contribution in [2.24, 2.45) is 0 Å². The minimum absolute atomic E-state index is 0.182. The fraction of sp³-hybridized carbons (Fsp3) is 0.235. The van der Waals surface area contributed by atoms with Crippen LogP contribution in [0.15, 0.2) is 36.4 Å². The highest BCUT2D eigenvalue weighted by atomic mass is 35.5. The molecule has 0 atom stereocenters. The first kappa shape index (κ1) is 16.1. The second-order valence-electron chi connectivity index (χ2n) is 5.45. The van der Waals surface area contributed by atoms with Crippen molar-refractivity contribution in [3.05, 3.63) is 57.8 Å². The van der Waals surface area contributed by atoms with Gasteiger partial charge in [-0.15, -0.1) is 0 Å². The number of carbonyl (C=O) groups excluding carboxylic acids is 1. The Morgan fingerprint density at radius 2 is 2.09 bits per heavy atom. The average molecular weight is 353 g/mol. The Kier molecular flexibility index (Phi) is 4.74. The van der Waals surface area contributed by atoms with Gasteiger partial charge in [-0.25, -0.2) is 4.39 Å². The molecular weight excluding hydrogens is 338 g/mol. The number of halogens is 3. The predicted molar refractivity (Wildman–Crippen MR) is 92.0 cm³/mol. The molecule has 120 valence electrons. The number of anilines is 2. The fourth-order valence-corrected chi connectivity index (χ4v) is 3.12. The summed E-state index contributed by atoms with van der Waals surface area (Å²) in [5.41, 5.74) is 2.33. The lowest BCUT2D eigenvalue weighted by molar-refractivity contribution is -0.115. The molecule has 1 amide bonds. The van der Waals surface area contributed by atoms with E-state index in [-0.39, 0.29) is 18.3 Å². The number of hydrogen-bond donors (Lipinski definition) is 1. The molecule has 0 radical (unpaired) electrons. The summed E-state index contributed by atoms with van der Waals surface area (Å²) in [7, 11) is 0. The summed E-state index contributed by atoms with van der Waals surface area (Å²) in [5.74, 6) is -0.438. The van der Waals surface area contributed by atoms with Gasteiger partial charge in [-0.1, -0.05) is 29.3 Å². The highest BCUT2D eigenvalue weighted by molar-refractivity contribution is 6.44. The molecule has 0 saturated heterocycles. The van der Waals surface area contributed by atoms with E-state index in [1.807, 2.05) is 4.90 Å². The van der Waals surface area contributed by atoms with Gasteiger partial charge in [-0.05, 0) is 48.7 Å². The molecule has 0 bridgehead atoms. The Bertz CT molecular complexity index is 751. The Hall–Kier alpha value is -1.78. The van der Waals surface area contributed by atoms with Gasteiger partial charge in [0.15, 0.2) is 0 Å². The summed E-state index contributed by atoms with van der Waals surface area (Å²) in [6, 6.07) is 9.77. The van der Waals surface area contributed by atoms with Crippen LogP contribution in [0.1, 0.15) is 12.0 Å². The zero-order valence-corrected chi connectivity index (χ0v) is 13.8. The number of aryl methyl sites for hydroxylation is 1. The lowest BCUT2D eigenvalue weighted by Crippen LogP contribution is -2.36. The Morgan fingerprint density at radius 1 is 1.26 bits per heavy atom. The molecule has 0 aliphatic carbocycles. The second kappa shape index (κ2) is 6.77. The topological polar surface area (TPSA) is 32.3 Å². The number of rotatable bonds is 3. The second-order valence-corrected chi connectivity index (χ2v) is 6.23. The monoisotopic (exact) mass is 352 g/mol. The highest BCUT2D eigenvalue weighted by Gasteiger charge is 2.20. The first-order valence-corrected chi connectivity index (χ1v) is 8.07. The number of carbonyl (C=O) groups is 1. The zero-order chi connectivity index (χ0) is 16.4. The van der Waals surface area contributed by atoms with E-state index in [2.05, 4.69) is 5.32 Å². The molecule has 23 heavy (non-hydrogen) atoms. The minimum atomic E-state index is -0.249. The molecule has 3 rings (SSSR count). The highest BCUT2D eigenvalue weighted by Crippen LogP contribution is 2.30. The van der Waals surface area contributed by atoms with Crippen LogP contribution in [0.2, 0.25) is 10.0 Å². The number of fused-ring (bicyclic) bond motifs is 1. The van der Waals surface area contributed by atoms with Gasteiger partial charge in [0.25, 0.3) is 0 Å². The van der Waals surface area contributed by atoms with E-state index >= 15 is 0 Å². The Labute approximate surface area is 144 Å². The van der Waals surface area contributed by atoms with E-state index in [9.17, 15) is 9.18 Å². The van der Waals surface area contributed by atoms with Crippen LogP contribution >= 0.6 is 23.2 Å². The predicted octanol–water partition coefficient (Wildman–Crippen LogP) is 4.52. The van der Waals surface area contributed by atoms with Crippen LogP contribution < -0.4 is 10.2 Å². The van der Waals surface area contributed by atoms with Crippen molar-refractivity contribution < 1.29 is 9.18 Å². The smallest absolute Gasteiger partial charge is 0.243 e. The van der Waals surface area contributed by atoms with Crippen LogP contribution in [0.5, 0.6) is 0 Å². The number of nitrogens with zero attached hydrogens (tertiary/aromatic N) is 1. The van der Waals surface area contributed by atoms with Gasteiger partial charge < -0.3 is 10.2 Å². The molecule has 1 N–H and O–H groups in total. The molecule has 0 saturated carbocycles. The first-order chi connectivity index (χ1) is 11.0. The molecule has 1 aliphatic rings. The van der Waals surface area contributed by atoms with E-state index < -0.39 is 0 Å². The summed E-state index contributed by atoms with van der Waals surface area (Å²) in [6.45, 7) is 0.941. The third-order valence-electron chi connectivity index (χ3n) is 3.82. The van der Waals surface area contributed by atoms with Crippen LogP contribution in [-0.2, 0) is 11.2 Å². The quantitative estimate of drug-likeness (QED) is 0.880. The van der Waals surface area contributed by atoms with Crippen molar-refractivity contribution in [1.82, 2.24) is 0 Å². The molecule has 0 spiro atoms. The minimum Gasteiger partial charge on any atom is -0.362 e. The molecule has 6 heteroatoms. The van der Waals surface area contributed by atoms with Crippen molar-refractivity contribution in [3.63, 3.8) is 0 Å². The summed E-state index contributed by atoms with van der Waals surface area (Å²) in [4.78, 5) is 14.2. The van der Waals surface area contributed by atoms with Crippen LogP contribution in [0.3, 0.4) is 0 Å². The van der Waals surface area contributed by atoms with Crippen molar-refractivity contribution >= 4 is 40.5 Å². The number of nitrogens with one attached hydrogen (secondary N) is 1. The van der Waals surface area contributed by atoms with Crippen LogP contribution in [-0.4, -0.2) is 19.0 Å². The molecular formula is C17H15Cl2FN2O. The maximum Gasteiger partial charge on any atom is 0.243 e. The standard InChI is InChI=1S/C17H15Cl2FN2O/c18-13-4-1-5-14(17(13)19)21-16(23)10-22-8-2-3-11-9-12(20)6-7-15(11)22/h1,4-7,9H,2-3,8,10H2,(H,21,23). The fourth-order valence-electron chi connectivity index (χ4n) is 2.77. The molecule has 3 nitrogen and oxygen atoms in total. The SMILES string of the molecule is O=C(CN1CCCc2cc(F)ccc21)Nc1cccc(Cl)c1Cl. The molecule has 0 fully saturated rings. The maximum atomic E-state index is 13.3. The van der Waals surface area contributed by atoms with Gasteiger partial charge in [0, 0.05) is 12.2 Å². The summed E-state index contributed by atoms with van der Waals surface area (Å²) >= 11 is 12.0. The molecule has 2 aromatic carbocycles. The molecule has 0 unspecified atom stereocenters. The zero-order valence-electron chi connectivity index (χ0n) is 12.3. The van der Waals surface area contributed by atoms with E-state index in [0.29, 0.717) is 15.7 Å². The molecule has 2 aromatic rings. The molecule has 0 aromatic heterocycles. The van der Waals surface area contributed by atoms with E-state index in [4.69, 9.17) is 23.2 Å². The van der Waals surface area contributed by atoms with Crippen LogP contribution in [0.25, 0.3) is 0 Å². The lowest BCUT2D eigenvalue weighted by Gasteiger charge is -2.30. The number of benzene rings is 2. The normalized spacial score (nSPS) is 13.6. The van der Waals surface area contributed by atoms with Crippen molar-refractivity contribution in [2.75, 3.05) is 23.3 Å². The lowest BCUT2D eigenvalue weighted by atomic mass is 10.0. The summed E-state index contributed by atoms with van der Waals surface area (Å²) < 4.78 is 13.3. The average Bonchev–Trinajstić information content (AvgIpc) is 2.52. The maximum absolute atomic E-state index is 13.3.